The fourth-order valence-electron chi connectivity index (χ4n) is 2.76. The van der Waals surface area contributed by atoms with E-state index in [0.717, 1.165) is 32.4 Å². The molecule has 0 aromatic heterocycles. The van der Waals surface area contributed by atoms with Crippen molar-refractivity contribution in [2.45, 2.75) is 46.1 Å². The van der Waals surface area contributed by atoms with Crippen LogP contribution in [-0.4, -0.2) is 25.5 Å². The van der Waals surface area contributed by atoms with Gasteiger partial charge in [0.15, 0.2) is 5.78 Å². The summed E-state index contributed by atoms with van der Waals surface area (Å²) < 4.78 is 29.8. The highest BCUT2D eigenvalue weighted by Gasteiger charge is 2.20. The maximum atomic E-state index is 12.6. The number of anilines is 1. The zero-order valence-electron chi connectivity index (χ0n) is 13.1. The van der Waals surface area contributed by atoms with Crippen LogP contribution in [0.2, 0.25) is 0 Å². The highest BCUT2D eigenvalue weighted by molar-refractivity contribution is 5.97. The Morgan fingerprint density at radius 1 is 1.23 bits per heavy atom. The summed E-state index contributed by atoms with van der Waals surface area (Å²) >= 11 is 0. The molecule has 1 saturated heterocycles. The molecule has 3 nitrogen and oxygen atoms in total. The highest BCUT2D eigenvalue weighted by Crippen LogP contribution is 2.33. The lowest BCUT2D eigenvalue weighted by Gasteiger charge is -2.30. The van der Waals surface area contributed by atoms with Crippen molar-refractivity contribution >= 4 is 11.5 Å². The average Bonchev–Trinajstić information content (AvgIpc) is 2.47. The minimum absolute atomic E-state index is 0.0388. The lowest BCUT2D eigenvalue weighted by atomic mass is 10.00. The molecule has 22 heavy (non-hydrogen) atoms. The second-order valence-corrected chi connectivity index (χ2v) is 6.13. The van der Waals surface area contributed by atoms with Crippen LogP contribution >= 0.6 is 0 Å². The number of halogens is 2. The Hall–Kier alpha value is -1.65. The number of carbonyl (C=O) groups excluding carboxylic acids is 1. The van der Waals surface area contributed by atoms with E-state index in [2.05, 4.69) is 4.74 Å². The highest BCUT2D eigenvalue weighted by atomic mass is 19.3. The zero-order valence-corrected chi connectivity index (χ0v) is 13.1. The summed E-state index contributed by atoms with van der Waals surface area (Å²) in [6.07, 6.45) is 3.65. The van der Waals surface area contributed by atoms with Crippen LogP contribution in [0.15, 0.2) is 18.2 Å². The summed E-state index contributed by atoms with van der Waals surface area (Å²) in [6, 6.07) is 4.77. The van der Waals surface area contributed by atoms with Crippen molar-refractivity contribution in [2.24, 2.45) is 5.92 Å². The second kappa shape index (κ2) is 7.56. The van der Waals surface area contributed by atoms with Gasteiger partial charge in [-0.25, -0.2) is 0 Å². The van der Waals surface area contributed by atoms with Gasteiger partial charge in [-0.1, -0.05) is 13.8 Å². The largest absolute Gasteiger partial charge is 0.433 e. The van der Waals surface area contributed by atoms with Crippen molar-refractivity contribution in [3.63, 3.8) is 0 Å². The first kappa shape index (κ1) is 16.7. The van der Waals surface area contributed by atoms with Gasteiger partial charge in [0.1, 0.15) is 5.75 Å². The molecular formula is C17H23F2NO2. The molecule has 0 amide bonds. The van der Waals surface area contributed by atoms with Gasteiger partial charge in [0.05, 0.1) is 5.69 Å². The van der Waals surface area contributed by atoms with Crippen molar-refractivity contribution in [1.29, 1.82) is 0 Å². The average molecular weight is 311 g/mol. The van der Waals surface area contributed by atoms with E-state index in [1.807, 2.05) is 18.7 Å². The quantitative estimate of drug-likeness (QED) is 0.724. The van der Waals surface area contributed by atoms with Crippen LogP contribution in [0.4, 0.5) is 14.5 Å². The van der Waals surface area contributed by atoms with Crippen LogP contribution in [0.25, 0.3) is 0 Å². The predicted molar refractivity (Wildman–Crippen MR) is 82.9 cm³/mol. The van der Waals surface area contributed by atoms with Gasteiger partial charge in [0.2, 0.25) is 0 Å². The molecule has 0 aliphatic carbocycles. The van der Waals surface area contributed by atoms with E-state index in [0.29, 0.717) is 17.7 Å². The predicted octanol–water partition coefficient (Wildman–Crippen LogP) is 4.51. The number of ether oxygens (including phenoxy) is 1. The smallest absolute Gasteiger partial charge is 0.387 e. The first-order chi connectivity index (χ1) is 10.5. The maximum absolute atomic E-state index is 12.6. The third-order valence-electron chi connectivity index (χ3n) is 3.79. The van der Waals surface area contributed by atoms with Crippen molar-refractivity contribution in [3.8, 4) is 5.75 Å². The molecule has 0 atom stereocenters. The van der Waals surface area contributed by atoms with Crippen molar-refractivity contribution in [3.05, 3.63) is 23.8 Å². The van der Waals surface area contributed by atoms with E-state index in [1.54, 1.807) is 12.1 Å². The Kier molecular flexibility index (Phi) is 5.75. The molecule has 0 bridgehead atoms. The summed E-state index contributed by atoms with van der Waals surface area (Å²) in [4.78, 5) is 14.3. The number of alkyl halides is 2. The number of rotatable bonds is 6. The molecule has 5 heteroatoms. The molecule has 0 radical (unpaired) electrons. The van der Waals surface area contributed by atoms with E-state index < -0.39 is 6.61 Å². The lowest BCUT2D eigenvalue weighted by molar-refractivity contribution is -0.0495. The van der Waals surface area contributed by atoms with E-state index in [-0.39, 0.29) is 17.5 Å². The van der Waals surface area contributed by atoms with Crippen LogP contribution in [0.3, 0.4) is 0 Å². The third kappa shape index (κ3) is 4.42. The number of Topliss-reactive ketones (excluding diaryl/α,β-unsaturated/α-hetero) is 1. The molecule has 1 aliphatic heterocycles. The summed E-state index contributed by atoms with van der Waals surface area (Å²) in [5.74, 6) is 0.456. The Morgan fingerprint density at radius 2 is 1.91 bits per heavy atom. The SMILES string of the molecule is CC(C)CC(=O)c1ccc(OC(F)F)c(N2CCCCC2)c1. The Bertz CT molecular complexity index is 511. The number of hydrogen-bond acceptors (Lipinski definition) is 3. The van der Waals surface area contributed by atoms with Gasteiger partial charge < -0.3 is 9.64 Å². The number of benzene rings is 1. The van der Waals surface area contributed by atoms with Crippen LogP contribution in [-0.2, 0) is 0 Å². The first-order valence-corrected chi connectivity index (χ1v) is 7.84. The first-order valence-electron chi connectivity index (χ1n) is 7.84. The third-order valence-corrected chi connectivity index (χ3v) is 3.79. The molecule has 0 N–H and O–H groups in total. The maximum Gasteiger partial charge on any atom is 0.387 e. The van der Waals surface area contributed by atoms with Gasteiger partial charge >= 0.3 is 6.61 Å². The standard InChI is InChI=1S/C17H23F2NO2/c1-12(2)10-15(21)13-6-7-16(22-17(18)19)14(11-13)20-8-4-3-5-9-20/h6-7,11-12,17H,3-5,8-10H2,1-2H3. The van der Waals surface area contributed by atoms with Crippen LogP contribution in [0.5, 0.6) is 5.75 Å². The summed E-state index contributed by atoms with van der Waals surface area (Å²) in [7, 11) is 0. The van der Waals surface area contributed by atoms with Gasteiger partial charge in [-0.3, -0.25) is 4.79 Å². The van der Waals surface area contributed by atoms with E-state index in [4.69, 9.17) is 0 Å². The van der Waals surface area contributed by atoms with Gasteiger partial charge in [-0.2, -0.15) is 8.78 Å². The number of carbonyl (C=O) groups is 1. The Morgan fingerprint density at radius 3 is 2.50 bits per heavy atom. The van der Waals surface area contributed by atoms with Crippen molar-refractivity contribution in [1.82, 2.24) is 0 Å². The summed E-state index contributed by atoms with van der Waals surface area (Å²) in [6.45, 7) is 2.72. The van der Waals surface area contributed by atoms with Crippen molar-refractivity contribution in [2.75, 3.05) is 18.0 Å². The normalized spacial score (nSPS) is 15.5. The van der Waals surface area contributed by atoms with E-state index in [9.17, 15) is 13.6 Å². The monoisotopic (exact) mass is 311 g/mol. The molecule has 0 unspecified atom stereocenters. The van der Waals surface area contributed by atoms with E-state index in [1.165, 1.54) is 6.07 Å². The second-order valence-electron chi connectivity index (χ2n) is 6.13. The Labute approximate surface area is 130 Å². The van der Waals surface area contributed by atoms with Gasteiger partial charge in [0.25, 0.3) is 0 Å². The molecule has 1 aromatic carbocycles. The van der Waals surface area contributed by atoms with Crippen LogP contribution in [0.1, 0.15) is 49.9 Å². The summed E-state index contributed by atoms with van der Waals surface area (Å²) in [5.41, 5.74) is 1.17. The van der Waals surface area contributed by atoms with Gasteiger partial charge in [-0.05, 0) is 43.4 Å². The van der Waals surface area contributed by atoms with Crippen LogP contribution in [0, 0.1) is 5.92 Å². The fraction of sp³-hybridized carbons (Fsp3) is 0.588. The molecule has 1 aromatic rings. The lowest BCUT2D eigenvalue weighted by Crippen LogP contribution is -2.30. The molecule has 0 spiro atoms. The number of nitrogens with zero attached hydrogens (tertiary/aromatic N) is 1. The molecule has 1 aliphatic rings. The number of ketones is 1. The van der Waals surface area contributed by atoms with Gasteiger partial charge in [-0.15, -0.1) is 0 Å². The van der Waals surface area contributed by atoms with E-state index >= 15 is 0 Å². The molecule has 2 rings (SSSR count). The number of piperidine rings is 1. The molecule has 122 valence electrons. The molecular weight excluding hydrogens is 288 g/mol. The minimum Gasteiger partial charge on any atom is -0.433 e. The molecule has 1 heterocycles. The minimum atomic E-state index is -2.86. The number of hydrogen-bond donors (Lipinski definition) is 0. The Balaban J connectivity index is 2.29. The molecule has 0 saturated carbocycles. The molecule has 1 fully saturated rings. The van der Waals surface area contributed by atoms with Gasteiger partial charge in [0, 0.05) is 25.1 Å². The zero-order chi connectivity index (χ0) is 16.1. The topological polar surface area (TPSA) is 29.5 Å². The van der Waals surface area contributed by atoms with Crippen molar-refractivity contribution < 1.29 is 18.3 Å². The van der Waals surface area contributed by atoms with Crippen LogP contribution < -0.4 is 9.64 Å². The fourth-order valence-corrected chi connectivity index (χ4v) is 2.76. The summed E-state index contributed by atoms with van der Waals surface area (Å²) in [5, 5.41) is 0.